The molecule has 12 heteroatoms. The fourth-order valence-corrected chi connectivity index (χ4v) is 3.92. The van der Waals surface area contributed by atoms with Gasteiger partial charge in [0.25, 0.3) is 5.91 Å². The first-order chi connectivity index (χ1) is 16.0. The molecule has 0 radical (unpaired) electrons. The zero-order chi connectivity index (χ0) is 22.9. The Hall–Kier alpha value is -4.12. The van der Waals surface area contributed by atoms with Crippen LogP contribution in [0.2, 0.25) is 5.02 Å². The first-order valence-corrected chi connectivity index (χ1v) is 10.7. The van der Waals surface area contributed by atoms with Crippen molar-refractivity contribution in [2.75, 3.05) is 22.1 Å². The van der Waals surface area contributed by atoms with Crippen LogP contribution in [0.25, 0.3) is 5.65 Å². The van der Waals surface area contributed by atoms with Gasteiger partial charge in [-0.05, 0) is 49.2 Å². The highest BCUT2D eigenvalue weighted by Gasteiger charge is 2.33. The Morgan fingerprint density at radius 1 is 1.18 bits per heavy atom. The number of H-pyrrole nitrogens is 1. The first kappa shape index (κ1) is 20.8. The highest BCUT2D eigenvalue weighted by Crippen LogP contribution is 2.27. The number of nitrogens with zero attached hydrogens (tertiary/aromatic N) is 5. The number of anilines is 4. The van der Waals surface area contributed by atoms with Crippen LogP contribution in [-0.2, 0) is 4.79 Å². The smallest absolute Gasteiger partial charge is 0.266 e. The molecule has 1 unspecified atom stereocenters. The molecule has 3 aromatic heterocycles. The minimum Gasteiger partial charge on any atom is -0.364 e. The van der Waals surface area contributed by atoms with Gasteiger partial charge in [0.15, 0.2) is 5.82 Å². The van der Waals surface area contributed by atoms with Crippen molar-refractivity contribution in [1.29, 1.82) is 0 Å². The summed E-state index contributed by atoms with van der Waals surface area (Å²) in [5.41, 5.74) is 6.78. The van der Waals surface area contributed by atoms with Crippen molar-refractivity contribution < 1.29 is 9.59 Å². The molecule has 1 saturated heterocycles. The summed E-state index contributed by atoms with van der Waals surface area (Å²) in [5, 5.41) is 13.2. The standard InChI is InChI=1S/C21H20ClN9O2/c22-12-5-7-13(8-6-12)24-19(33)15-3-1-9-30(15)21-26-17-4-2-10-31(17)20(27-21)25-16-11-14(18(23)32)28-29-16/h2,4-8,10-11,15H,1,3,9H2,(H2,23,32)(H,24,33)(H2,25,26,27,28,29). The quantitative estimate of drug-likeness (QED) is 0.342. The molecule has 2 amide bonds. The number of halogens is 1. The topological polar surface area (TPSA) is 146 Å². The highest BCUT2D eigenvalue weighted by molar-refractivity contribution is 6.30. The Balaban J connectivity index is 1.42. The van der Waals surface area contributed by atoms with Gasteiger partial charge in [0.2, 0.25) is 17.8 Å². The van der Waals surface area contributed by atoms with Crippen LogP contribution in [0.4, 0.5) is 23.4 Å². The average molecular weight is 466 g/mol. The number of nitrogens with one attached hydrogen (secondary N) is 3. The number of carbonyl (C=O) groups is 2. The Bertz CT molecular complexity index is 1330. The van der Waals surface area contributed by atoms with E-state index in [4.69, 9.17) is 17.3 Å². The van der Waals surface area contributed by atoms with Gasteiger partial charge < -0.3 is 21.3 Å². The lowest BCUT2D eigenvalue weighted by molar-refractivity contribution is -0.117. The van der Waals surface area contributed by atoms with E-state index < -0.39 is 11.9 Å². The molecular formula is C21H20ClN9O2. The van der Waals surface area contributed by atoms with Crippen LogP contribution in [0.15, 0.2) is 48.7 Å². The summed E-state index contributed by atoms with van der Waals surface area (Å²) in [6.45, 7) is 0.642. The van der Waals surface area contributed by atoms with Gasteiger partial charge in [0.1, 0.15) is 17.4 Å². The number of benzene rings is 1. The number of primary amides is 1. The van der Waals surface area contributed by atoms with E-state index in [-0.39, 0.29) is 11.6 Å². The van der Waals surface area contributed by atoms with Gasteiger partial charge in [-0.25, -0.2) is 0 Å². The maximum atomic E-state index is 13.0. The average Bonchev–Trinajstić information content (AvgIpc) is 3.55. The number of aromatic amines is 1. The van der Waals surface area contributed by atoms with Crippen molar-refractivity contribution in [2.45, 2.75) is 18.9 Å². The van der Waals surface area contributed by atoms with E-state index in [0.717, 1.165) is 6.42 Å². The van der Waals surface area contributed by atoms with Crippen LogP contribution >= 0.6 is 11.6 Å². The molecule has 168 valence electrons. The zero-order valence-corrected chi connectivity index (χ0v) is 18.1. The summed E-state index contributed by atoms with van der Waals surface area (Å²) in [4.78, 5) is 35.6. The number of amides is 2. The molecule has 4 heterocycles. The fraction of sp³-hybridized carbons (Fsp3) is 0.190. The number of aromatic nitrogens is 5. The Morgan fingerprint density at radius 3 is 2.76 bits per heavy atom. The predicted molar refractivity (Wildman–Crippen MR) is 124 cm³/mol. The van der Waals surface area contributed by atoms with Crippen molar-refractivity contribution in [2.24, 2.45) is 5.73 Å². The Labute approximate surface area is 193 Å². The highest BCUT2D eigenvalue weighted by atomic mass is 35.5. The largest absolute Gasteiger partial charge is 0.364 e. The predicted octanol–water partition coefficient (Wildman–Crippen LogP) is 2.56. The number of carbonyl (C=O) groups excluding carboxylic acids is 2. The van der Waals surface area contributed by atoms with Crippen LogP contribution in [0.3, 0.4) is 0 Å². The van der Waals surface area contributed by atoms with Crippen LogP contribution in [0.1, 0.15) is 23.3 Å². The van der Waals surface area contributed by atoms with Gasteiger partial charge in [-0.2, -0.15) is 15.1 Å². The van der Waals surface area contributed by atoms with E-state index in [0.29, 0.717) is 47.0 Å². The van der Waals surface area contributed by atoms with E-state index in [2.05, 4.69) is 30.8 Å². The minimum absolute atomic E-state index is 0.137. The van der Waals surface area contributed by atoms with Gasteiger partial charge in [-0.1, -0.05) is 11.6 Å². The lowest BCUT2D eigenvalue weighted by Crippen LogP contribution is -2.40. The molecule has 1 aromatic carbocycles. The number of fused-ring (bicyclic) bond motifs is 1. The summed E-state index contributed by atoms with van der Waals surface area (Å²) >= 11 is 5.93. The van der Waals surface area contributed by atoms with E-state index in [1.165, 1.54) is 6.07 Å². The molecule has 1 aliphatic rings. The summed E-state index contributed by atoms with van der Waals surface area (Å²) in [6, 6.07) is 11.7. The summed E-state index contributed by atoms with van der Waals surface area (Å²) in [6.07, 6.45) is 3.31. The van der Waals surface area contributed by atoms with Crippen LogP contribution in [-0.4, -0.2) is 49.0 Å². The molecule has 33 heavy (non-hydrogen) atoms. The second kappa shape index (κ2) is 8.43. The molecule has 0 saturated carbocycles. The van der Waals surface area contributed by atoms with Crippen LogP contribution in [0, 0.1) is 0 Å². The van der Waals surface area contributed by atoms with Crippen molar-refractivity contribution in [1.82, 2.24) is 24.6 Å². The fourth-order valence-electron chi connectivity index (χ4n) is 3.80. The van der Waals surface area contributed by atoms with E-state index >= 15 is 0 Å². The van der Waals surface area contributed by atoms with Crippen molar-refractivity contribution in [3.05, 3.63) is 59.4 Å². The number of nitrogens with two attached hydrogens (primary N) is 1. The second-order valence-electron chi connectivity index (χ2n) is 7.59. The number of rotatable bonds is 6. The van der Waals surface area contributed by atoms with Gasteiger partial charge in [-0.15, -0.1) is 0 Å². The monoisotopic (exact) mass is 465 g/mol. The van der Waals surface area contributed by atoms with Crippen molar-refractivity contribution >= 4 is 52.5 Å². The third-order valence-electron chi connectivity index (χ3n) is 5.38. The maximum absolute atomic E-state index is 13.0. The molecule has 0 spiro atoms. The molecular weight excluding hydrogens is 446 g/mol. The summed E-state index contributed by atoms with van der Waals surface area (Å²) < 4.78 is 1.75. The molecule has 1 fully saturated rings. The molecule has 0 aliphatic carbocycles. The lowest BCUT2D eigenvalue weighted by Gasteiger charge is -2.24. The van der Waals surface area contributed by atoms with Gasteiger partial charge in [0, 0.05) is 29.5 Å². The summed E-state index contributed by atoms with van der Waals surface area (Å²) in [5.74, 6) is 0.481. The lowest BCUT2D eigenvalue weighted by atomic mass is 10.2. The molecule has 4 aromatic rings. The summed E-state index contributed by atoms with van der Waals surface area (Å²) in [7, 11) is 0. The maximum Gasteiger partial charge on any atom is 0.266 e. The third kappa shape index (κ3) is 4.17. The molecule has 0 bridgehead atoms. The molecule has 1 atom stereocenters. The van der Waals surface area contributed by atoms with E-state index in [1.54, 1.807) is 34.9 Å². The number of hydrogen-bond acceptors (Lipinski definition) is 7. The molecule has 1 aliphatic heterocycles. The van der Waals surface area contributed by atoms with Crippen LogP contribution < -0.4 is 21.3 Å². The third-order valence-corrected chi connectivity index (χ3v) is 5.64. The first-order valence-electron chi connectivity index (χ1n) is 10.3. The van der Waals surface area contributed by atoms with Crippen molar-refractivity contribution in [3.63, 3.8) is 0 Å². The normalized spacial score (nSPS) is 15.7. The minimum atomic E-state index is -0.614. The van der Waals surface area contributed by atoms with Gasteiger partial charge >= 0.3 is 0 Å². The Kier molecular flexibility index (Phi) is 5.31. The molecule has 11 nitrogen and oxygen atoms in total. The van der Waals surface area contributed by atoms with E-state index in [1.807, 2.05) is 17.0 Å². The zero-order valence-electron chi connectivity index (χ0n) is 17.3. The Morgan fingerprint density at radius 2 is 2.00 bits per heavy atom. The van der Waals surface area contributed by atoms with E-state index in [9.17, 15) is 9.59 Å². The van der Waals surface area contributed by atoms with Crippen molar-refractivity contribution in [3.8, 4) is 0 Å². The SMILES string of the molecule is NC(=O)c1cc(Nc2nc(N3CCCC3C(=O)Nc3ccc(Cl)cc3)nc3cccn23)n[nH]1. The van der Waals surface area contributed by atoms with Crippen LogP contribution in [0.5, 0.6) is 0 Å². The molecule has 5 rings (SSSR count). The van der Waals surface area contributed by atoms with Gasteiger partial charge in [0.05, 0.1) is 0 Å². The van der Waals surface area contributed by atoms with Gasteiger partial charge in [-0.3, -0.25) is 19.1 Å². The second-order valence-corrected chi connectivity index (χ2v) is 8.02. The number of hydrogen-bond donors (Lipinski definition) is 4. The molecule has 5 N–H and O–H groups in total.